The van der Waals surface area contributed by atoms with Crippen molar-refractivity contribution in [2.75, 3.05) is 33.2 Å². The molecule has 0 atom stereocenters. The maximum atomic E-state index is 4.66. The van der Waals surface area contributed by atoms with Crippen molar-refractivity contribution >= 4 is 41.3 Å². The van der Waals surface area contributed by atoms with Crippen molar-refractivity contribution in [2.24, 2.45) is 10.9 Å². The van der Waals surface area contributed by atoms with Crippen LogP contribution in [0.15, 0.2) is 11.2 Å². The molecule has 132 valence electrons. The Morgan fingerprint density at radius 1 is 1.35 bits per heavy atom. The third kappa shape index (κ3) is 7.34. The molecule has 1 aliphatic rings. The van der Waals surface area contributed by atoms with Gasteiger partial charge in [-0.1, -0.05) is 6.92 Å². The van der Waals surface area contributed by atoms with Gasteiger partial charge < -0.3 is 15.5 Å². The van der Waals surface area contributed by atoms with E-state index < -0.39 is 0 Å². The first-order chi connectivity index (χ1) is 10.7. The fourth-order valence-electron chi connectivity index (χ4n) is 2.58. The summed E-state index contributed by atoms with van der Waals surface area (Å²) >= 11 is 1.76. The maximum absolute atomic E-state index is 4.66. The number of aliphatic imine (C=N–C) groups is 1. The molecule has 1 aliphatic heterocycles. The van der Waals surface area contributed by atoms with Crippen LogP contribution in [0.2, 0.25) is 0 Å². The minimum Gasteiger partial charge on any atom is -0.357 e. The third-order valence-electron chi connectivity index (χ3n) is 4.06. The molecule has 2 N–H and O–H groups in total. The van der Waals surface area contributed by atoms with Crippen molar-refractivity contribution in [3.05, 3.63) is 16.1 Å². The molecule has 7 heteroatoms. The van der Waals surface area contributed by atoms with Crippen molar-refractivity contribution < 1.29 is 0 Å². The lowest BCUT2D eigenvalue weighted by molar-refractivity contribution is 0.220. The Balaban J connectivity index is 0.00000264. The van der Waals surface area contributed by atoms with Gasteiger partial charge in [0.1, 0.15) is 5.01 Å². The Morgan fingerprint density at radius 3 is 2.70 bits per heavy atom. The monoisotopic (exact) mass is 451 g/mol. The fourth-order valence-corrected chi connectivity index (χ4v) is 3.37. The van der Waals surface area contributed by atoms with Crippen molar-refractivity contribution in [3.8, 4) is 0 Å². The van der Waals surface area contributed by atoms with E-state index in [9.17, 15) is 0 Å². The van der Waals surface area contributed by atoms with Crippen LogP contribution >= 0.6 is 35.3 Å². The second kappa shape index (κ2) is 11.2. The number of aromatic nitrogens is 1. The highest BCUT2D eigenvalue weighted by Gasteiger charge is 2.16. The molecule has 0 unspecified atom stereocenters. The molecule has 5 nitrogen and oxygen atoms in total. The van der Waals surface area contributed by atoms with Gasteiger partial charge in [-0.15, -0.1) is 35.3 Å². The second-order valence-electron chi connectivity index (χ2n) is 5.90. The van der Waals surface area contributed by atoms with Crippen molar-refractivity contribution in [2.45, 2.75) is 39.7 Å². The Morgan fingerprint density at radius 2 is 2.09 bits per heavy atom. The van der Waals surface area contributed by atoms with Gasteiger partial charge in [0.2, 0.25) is 0 Å². The Bertz CT molecular complexity index is 469. The molecule has 0 bridgehead atoms. The van der Waals surface area contributed by atoms with Crippen LogP contribution in [0.1, 0.15) is 36.6 Å². The van der Waals surface area contributed by atoms with Crippen LogP contribution in [0.4, 0.5) is 0 Å². The fraction of sp³-hybridized carbons (Fsp3) is 0.750. The average molecular weight is 451 g/mol. The summed E-state index contributed by atoms with van der Waals surface area (Å²) in [6.07, 6.45) is 5.56. The van der Waals surface area contributed by atoms with Crippen molar-refractivity contribution in [3.63, 3.8) is 0 Å². The first-order valence-corrected chi connectivity index (χ1v) is 9.17. The lowest BCUT2D eigenvalue weighted by atomic mass is 9.97. The van der Waals surface area contributed by atoms with E-state index in [1.54, 1.807) is 11.3 Å². The Hall–Kier alpha value is -0.410. The highest BCUT2D eigenvalue weighted by atomic mass is 127. The molecule has 0 amide bonds. The molecular weight excluding hydrogens is 421 g/mol. The molecule has 1 aromatic rings. The smallest absolute Gasteiger partial charge is 0.191 e. The number of hydrogen-bond donors (Lipinski definition) is 2. The topological polar surface area (TPSA) is 52.6 Å². The molecule has 1 fully saturated rings. The van der Waals surface area contributed by atoms with Crippen molar-refractivity contribution in [1.82, 2.24) is 20.5 Å². The summed E-state index contributed by atoms with van der Waals surface area (Å²) in [5, 5.41) is 7.91. The number of hydrogen-bond acceptors (Lipinski definition) is 4. The number of nitrogens with one attached hydrogen (secondary N) is 2. The molecule has 1 aromatic heterocycles. The molecule has 2 heterocycles. The van der Waals surface area contributed by atoms with E-state index in [2.05, 4.69) is 46.4 Å². The molecule has 0 spiro atoms. The largest absolute Gasteiger partial charge is 0.357 e. The molecule has 23 heavy (non-hydrogen) atoms. The Kier molecular flexibility index (Phi) is 10.0. The first-order valence-electron chi connectivity index (χ1n) is 8.35. The van der Waals surface area contributed by atoms with E-state index in [1.165, 1.54) is 30.8 Å². The minimum absolute atomic E-state index is 0. The Labute approximate surface area is 161 Å². The van der Waals surface area contributed by atoms with Crippen LogP contribution in [0.5, 0.6) is 0 Å². The summed E-state index contributed by atoms with van der Waals surface area (Å²) in [7, 11) is 2.20. The van der Waals surface area contributed by atoms with Gasteiger partial charge in [0.25, 0.3) is 0 Å². The maximum Gasteiger partial charge on any atom is 0.191 e. The van der Waals surface area contributed by atoms with E-state index in [4.69, 9.17) is 0 Å². The number of nitrogens with zero attached hydrogens (tertiary/aromatic N) is 3. The highest BCUT2D eigenvalue weighted by molar-refractivity contribution is 14.0. The van der Waals surface area contributed by atoms with Crippen LogP contribution < -0.4 is 10.6 Å². The average Bonchev–Trinajstić information content (AvgIpc) is 3.00. The minimum atomic E-state index is 0. The number of aryl methyl sites for hydroxylation is 1. The van der Waals surface area contributed by atoms with Crippen LogP contribution in [0.25, 0.3) is 0 Å². The predicted octanol–water partition coefficient (Wildman–Crippen LogP) is 2.72. The van der Waals surface area contributed by atoms with E-state index in [-0.39, 0.29) is 24.0 Å². The molecular formula is C16H30IN5S. The predicted molar refractivity (Wildman–Crippen MR) is 110 cm³/mol. The lowest BCUT2D eigenvalue weighted by Crippen LogP contribution is -2.42. The third-order valence-corrected chi connectivity index (χ3v) is 5.19. The van der Waals surface area contributed by atoms with Gasteiger partial charge in [0.15, 0.2) is 5.96 Å². The summed E-state index contributed by atoms with van der Waals surface area (Å²) in [4.78, 5) is 12.8. The van der Waals surface area contributed by atoms with Gasteiger partial charge in [-0.3, -0.25) is 0 Å². The molecule has 1 saturated heterocycles. The lowest BCUT2D eigenvalue weighted by Gasteiger charge is -2.29. The van der Waals surface area contributed by atoms with Crippen LogP contribution in [0, 0.1) is 5.92 Å². The summed E-state index contributed by atoms with van der Waals surface area (Å²) in [5.41, 5.74) is 0. The zero-order valence-electron chi connectivity index (χ0n) is 14.5. The number of rotatable bonds is 6. The summed E-state index contributed by atoms with van der Waals surface area (Å²) in [6, 6.07) is 0. The van der Waals surface area contributed by atoms with Gasteiger partial charge in [-0.2, -0.15) is 0 Å². The zero-order chi connectivity index (χ0) is 15.8. The summed E-state index contributed by atoms with van der Waals surface area (Å²) in [6.45, 7) is 9.24. The van der Waals surface area contributed by atoms with Gasteiger partial charge in [0.05, 0.1) is 6.54 Å². The second-order valence-corrected chi connectivity index (χ2v) is 7.10. The first kappa shape index (κ1) is 20.6. The van der Waals surface area contributed by atoms with E-state index in [0.29, 0.717) is 6.54 Å². The van der Waals surface area contributed by atoms with Crippen molar-refractivity contribution in [1.29, 1.82) is 0 Å². The number of halogens is 1. The zero-order valence-corrected chi connectivity index (χ0v) is 17.6. The standard InChI is InChI=1S/C16H29N5S.HI/c1-4-14-11-18-15(22-14)12-20-16(17-5-2)19-10-13-6-8-21(3)9-7-13;/h11,13H,4-10,12H2,1-3H3,(H2,17,19,20);1H. The molecule has 2 rings (SSSR count). The van der Waals surface area contributed by atoms with E-state index in [1.807, 2.05) is 6.20 Å². The quantitative estimate of drug-likeness (QED) is 0.397. The molecule has 0 saturated carbocycles. The molecule has 0 aliphatic carbocycles. The number of guanidine groups is 1. The summed E-state index contributed by atoms with van der Waals surface area (Å²) in [5.74, 6) is 1.67. The number of thiazole rings is 1. The molecule has 0 radical (unpaired) electrons. The van der Waals surface area contributed by atoms with Gasteiger partial charge in [-0.25, -0.2) is 9.98 Å². The normalized spacial score (nSPS) is 16.9. The van der Waals surface area contributed by atoms with E-state index >= 15 is 0 Å². The van der Waals surface area contributed by atoms with Gasteiger partial charge >= 0.3 is 0 Å². The highest BCUT2D eigenvalue weighted by Crippen LogP contribution is 2.15. The van der Waals surface area contributed by atoms with Gasteiger partial charge in [-0.05, 0) is 52.2 Å². The molecule has 0 aromatic carbocycles. The summed E-state index contributed by atoms with van der Waals surface area (Å²) < 4.78 is 0. The SMILES string of the molecule is CCNC(=NCc1ncc(CC)s1)NCC1CCN(C)CC1.I. The van der Waals surface area contributed by atoms with Crippen LogP contribution in [-0.2, 0) is 13.0 Å². The number of piperidine rings is 1. The number of likely N-dealkylation sites (tertiary alicyclic amines) is 1. The van der Waals surface area contributed by atoms with Crippen LogP contribution in [-0.4, -0.2) is 49.1 Å². The van der Waals surface area contributed by atoms with Gasteiger partial charge in [0, 0.05) is 24.2 Å². The van der Waals surface area contributed by atoms with E-state index in [0.717, 1.165) is 36.4 Å². The van der Waals surface area contributed by atoms with Crippen LogP contribution in [0.3, 0.4) is 0 Å².